The second-order valence-electron chi connectivity index (χ2n) is 4.93. The highest BCUT2D eigenvalue weighted by molar-refractivity contribution is 5.83. The third-order valence-corrected chi connectivity index (χ3v) is 2.99. The summed E-state index contributed by atoms with van der Waals surface area (Å²) < 4.78 is 5.47. The molecule has 1 amide bonds. The molecule has 100 valence electrons. The smallest absolute Gasteiger partial charge is 0.240 e. The van der Waals surface area contributed by atoms with Crippen LogP contribution in [-0.2, 0) is 9.53 Å². The van der Waals surface area contributed by atoms with Crippen LogP contribution in [0.3, 0.4) is 0 Å². The second kappa shape index (κ2) is 7.67. The van der Waals surface area contributed by atoms with E-state index >= 15 is 0 Å². The van der Waals surface area contributed by atoms with Crippen LogP contribution in [0, 0.1) is 0 Å². The first-order chi connectivity index (χ1) is 8.15. The standard InChI is InChI=1S/C13H26N2O2/c1-4-7-12-13(16)15(10-14-12)8-5-6-9-17-11(2)3/h11-12,14H,4-10H2,1-3H3. The van der Waals surface area contributed by atoms with Gasteiger partial charge >= 0.3 is 0 Å². The van der Waals surface area contributed by atoms with Gasteiger partial charge in [0.05, 0.1) is 18.8 Å². The van der Waals surface area contributed by atoms with Crippen molar-refractivity contribution in [3.05, 3.63) is 0 Å². The minimum absolute atomic E-state index is 0.0620. The Morgan fingerprint density at radius 3 is 2.88 bits per heavy atom. The summed E-state index contributed by atoms with van der Waals surface area (Å²) in [6.07, 6.45) is 4.36. The topological polar surface area (TPSA) is 41.6 Å². The predicted octanol–water partition coefficient (Wildman–Crippen LogP) is 1.75. The van der Waals surface area contributed by atoms with E-state index in [0.29, 0.717) is 12.8 Å². The van der Waals surface area contributed by atoms with E-state index in [2.05, 4.69) is 12.2 Å². The van der Waals surface area contributed by atoms with Crippen molar-refractivity contribution < 1.29 is 9.53 Å². The van der Waals surface area contributed by atoms with Crippen LogP contribution in [0.25, 0.3) is 0 Å². The lowest BCUT2D eigenvalue weighted by molar-refractivity contribution is -0.129. The van der Waals surface area contributed by atoms with E-state index in [1.807, 2.05) is 18.7 Å². The van der Waals surface area contributed by atoms with Crippen molar-refractivity contribution in [1.29, 1.82) is 0 Å². The van der Waals surface area contributed by atoms with E-state index in [1.165, 1.54) is 0 Å². The number of nitrogens with zero attached hydrogens (tertiary/aromatic N) is 1. The maximum atomic E-state index is 11.9. The predicted molar refractivity (Wildman–Crippen MR) is 68.7 cm³/mol. The molecule has 1 fully saturated rings. The molecule has 0 spiro atoms. The number of carbonyl (C=O) groups excluding carboxylic acids is 1. The normalized spacial score (nSPS) is 20.6. The highest BCUT2D eigenvalue weighted by Crippen LogP contribution is 2.09. The Morgan fingerprint density at radius 1 is 1.47 bits per heavy atom. The van der Waals surface area contributed by atoms with E-state index in [4.69, 9.17) is 4.74 Å². The van der Waals surface area contributed by atoms with Crippen LogP contribution in [0.15, 0.2) is 0 Å². The van der Waals surface area contributed by atoms with Crippen LogP contribution in [0.1, 0.15) is 46.5 Å². The zero-order chi connectivity index (χ0) is 12.7. The first-order valence-corrected chi connectivity index (χ1v) is 6.79. The largest absolute Gasteiger partial charge is 0.379 e. The lowest BCUT2D eigenvalue weighted by Crippen LogP contribution is -2.31. The molecule has 0 aliphatic carbocycles. The van der Waals surface area contributed by atoms with Crippen LogP contribution in [0.5, 0.6) is 0 Å². The quantitative estimate of drug-likeness (QED) is 0.659. The Labute approximate surface area is 105 Å². The van der Waals surface area contributed by atoms with Crippen molar-refractivity contribution in [2.45, 2.75) is 58.6 Å². The molecule has 1 rings (SSSR count). The molecule has 0 aromatic carbocycles. The van der Waals surface area contributed by atoms with E-state index in [0.717, 1.165) is 38.8 Å². The van der Waals surface area contributed by atoms with Gasteiger partial charge < -0.3 is 9.64 Å². The molecule has 0 radical (unpaired) electrons. The number of ether oxygens (including phenoxy) is 1. The molecule has 0 saturated carbocycles. The maximum absolute atomic E-state index is 11.9. The number of carbonyl (C=O) groups is 1. The van der Waals surface area contributed by atoms with Crippen LogP contribution in [0.2, 0.25) is 0 Å². The molecule has 0 aromatic rings. The van der Waals surface area contributed by atoms with Gasteiger partial charge in [-0.05, 0) is 33.1 Å². The Hall–Kier alpha value is -0.610. The summed E-state index contributed by atoms with van der Waals surface area (Å²) in [6.45, 7) is 8.57. The summed E-state index contributed by atoms with van der Waals surface area (Å²) in [5.74, 6) is 0.275. The molecule has 0 aromatic heterocycles. The molecule has 1 unspecified atom stereocenters. The summed E-state index contributed by atoms with van der Waals surface area (Å²) in [5.41, 5.74) is 0. The van der Waals surface area contributed by atoms with E-state index < -0.39 is 0 Å². The van der Waals surface area contributed by atoms with Gasteiger partial charge in [0.15, 0.2) is 0 Å². The minimum atomic E-state index is 0.0620. The van der Waals surface area contributed by atoms with E-state index in [1.54, 1.807) is 0 Å². The fraction of sp³-hybridized carbons (Fsp3) is 0.923. The van der Waals surface area contributed by atoms with Gasteiger partial charge in [0, 0.05) is 13.2 Å². The van der Waals surface area contributed by atoms with Crippen LogP contribution in [-0.4, -0.2) is 42.8 Å². The van der Waals surface area contributed by atoms with Crippen molar-refractivity contribution in [2.75, 3.05) is 19.8 Å². The van der Waals surface area contributed by atoms with Crippen molar-refractivity contribution in [2.24, 2.45) is 0 Å². The van der Waals surface area contributed by atoms with Crippen molar-refractivity contribution in [3.8, 4) is 0 Å². The molecule has 1 atom stereocenters. The van der Waals surface area contributed by atoms with Crippen molar-refractivity contribution >= 4 is 5.91 Å². The summed E-state index contributed by atoms with van der Waals surface area (Å²) >= 11 is 0. The average molecular weight is 242 g/mol. The van der Waals surface area contributed by atoms with Gasteiger partial charge in [-0.15, -0.1) is 0 Å². The fourth-order valence-corrected chi connectivity index (χ4v) is 2.03. The Bertz CT molecular complexity index is 231. The van der Waals surface area contributed by atoms with Crippen molar-refractivity contribution in [3.63, 3.8) is 0 Å². The van der Waals surface area contributed by atoms with E-state index in [-0.39, 0.29) is 11.9 Å². The zero-order valence-electron chi connectivity index (χ0n) is 11.4. The van der Waals surface area contributed by atoms with Gasteiger partial charge in [0.1, 0.15) is 0 Å². The molecule has 1 heterocycles. The van der Waals surface area contributed by atoms with Gasteiger partial charge in [-0.2, -0.15) is 0 Å². The molecule has 0 bridgehead atoms. The number of hydrogen-bond donors (Lipinski definition) is 1. The Balaban J connectivity index is 2.10. The van der Waals surface area contributed by atoms with Gasteiger partial charge in [-0.1, -0.05) is 13.3 Å². The van der Waals surface area contributed by atoms with Crippen LogP contribution >= 0.6 is 0 Å². The molecule has 1 saturated heterocycles. The lowest BCUT2D eigenvalue weighted by atomic mass is 10.1. The zero-order valence-corrected chi connectivity index (χ0v) is 11.4. The van der Waals surface area contributed by atoms with Gasteiger partial charge in [0.2, 0.25) is 5.91 Å². The molecular weight excluding hydrogens is 216 g/mol. The molecule has 1 aliphatic heterocycles. The third-order valence-electron chi connectivity index (χ3n) is 2.99. The minimum Gasteiger partial charge on any atom is -0.379 e. The summed E-state index contributed by atoms with van der Waals surface area (Å²) in [6, 6.07) is 0.0620. The monoisotopic (exact) mass is 242 g/mol. The number of hydrogen-bond acceptors (Lipinski definition) is 3. The van der Waals surface area contributed by atoms with E-state index in [9.17, 15) is 4.79 Å². The molecule has 17 heavy (non-hydrogen) atoms. The first kappa shape index (κ1) is 14.5. The summed E-state index contributed by atoms with van der Waals surface area (Å²) in [4.78, 5) is 13.8. The average Bonchev–Trinajstić information content (AvgIpc) is 2.61. The van der Waals surface area contributed by atoms with Gasteiger partial charge in [-0.3, -0.25) is 10.1 Å². The third kappa shape index (κ3) is 5.04. The molecule has 4 heteroatoms. The highest BCUT2D eigenvalue weighted by Gasteiger charge is 2.29. The molecule has 1 aliphatic rings. The number of amides is 1. The summed E-state index contributed by atoms with van der Waals surface area (Å²) in [5, 5.41) is 3.26. The number of rotatable bonds is 8. The first-order valence-electron chi connectivity index (χ1n) is 6.79. The highest BCUT2D eigenvalue weighted by atomic mass is 16.5. The second-order valence-corrected chi connectivity index (χ2v) is 4.93. The lowest BCUT2D eigenvalue weighted by Gasteiger charge is -2.15. The van der Waals surface area contributed by atoms with Crippen LogP contribution < -0.4 is 5.32 Å². The van der Waals surface area contributed by atoms with Gasteiger partial charge in [-0.25, -0.2) is 0 Å². The maximum Gasteiger partial charge on any atom is 0.240 e. The Kier molecular flexibility index (Phi) is 6.52. The SMILES string of the molecule is CCCC1NCN(CCCCOC(C)C)C1=O. The Morgan fingerprint density at radius 2 is 2.24 bits per heavy atom. The molecule has 1 N–H and O–H groups in total. The van der Waals surface area contributed by atoms with Crippen LogP contribution in [0.4, 0.5) is 0 Å². The molecule has 4 nitrogen and oxygen atoms in total. The van der Waals surface area contributed by atoms with Gasteiger partial charge in [0.25, 0.3) is 0 Å². The fourth-order valence-electron chi connectivity index (χ4n) is 2.03. The number of unbranched alkanes of at least 4 members (excludes halogenated alkanes) is 1. The number of nitrogens with one attached hydrogen (secondary N) is 1. The summed E-state index contributed by atoms with van der Waals surface area (Å²) in [7, 11) is 0. The van der Waals surface area contributed by atoms with Crippen molar-refractivity contribution in [1.82, 2.24) is 10.2 Å². The molecular formula is C13H26N2O2.